The summed E-state index contributed by atoms with van der Waals surface area (Å²) in [5.74, 6) is 2.06. The molecule has 3 N–H and O–H groups in total. The molecule has 1 saturated heterocycles. The molecule has 2 bridgehead atoms. The summed E-state index contributed by atoms with van der Waals surface area (Å²) in [6.07, 6.45) is 6.77. The van der Waals surface area contributed by atoms with Gasteiger partial charge in [-0.1, -0.05) is 86.6 Å². The van der Waals surface area contributed by atoms with Gasteiger partial charge in [-0.05, 0) is 95.1 Å². The van der Waals surface area contributed by atoms with Crippen LogP contribution < -0.4 is 5.32 Å². The summed E-state index contributed by atoms with van der Waals surface area (Å²) in [4.78, 5) is 60.1. The highest BCUT2D eigenvalue weighted by Crippen LogP contribution is 2.50. The van der Waals surface area contributed by atoms with Crippen molar-refractivity contribution in [3.8, 4) is 22.4 Å². The summed E-state index contributed by atoms with van der Waals surface area (Å²) < 4.78 is 4.85. The van der Waals surface area contributed by atoms with Gasteiger partial charge in [0.1, 0.15) is 17.7 Å². The number of nitrogens with zero attached hydrogens (tertiary/aromatic N) is 4. The summed E-state index contributed by atoms with van der Waals surface area (Å²) in [6, 6.07) is 32.4. The van der Waals surface area contributed by atoms with Gasteiger partial charge in [0, 0.05) is 30.0 Å². The maximum Gasteiger partial charge on any atom is 0.407 e. The molecule has 5 aromatic carbocycles. The summed E-state index contributed by atoms with van der Waals surface area (Å²) in [5.41, 5.74) is 6.67. The number of fused-ring (bicyclic) bond motifs is 6. The minimum absolute atomic E-state index is 0.0426. The Balaban J connectivity index is 0.940. The van der Waals surface area contributed by atoms with Crippen molar-refractivity contribution in [1.82, 2.24) is 35.1 Å². The number of benzene rings is 5. The Morgan fingerprint density at radius 1 is 0.864 bits per heavy atom. The minimum atomic E-state index is -0.896. The number of alkyl carbamates (subject to hydrolysis) is 1. The normalized spacial score (nSPS) is 17.8. The first kappa shape index (κ1) is 38.1. The van der Waals surface area contributed by atoms with E-state index in [-0.39, 0.29) is 24.4 Å². The highest BCUT2D eigenvalue weighted by molar-refractivity contribution is 6.05. The smallest absolute Gasteiger partial charge is 0.407 e. The van der Waals surface area contributed by atoms with Gasteiger partial charge in [0.2, 0.25) is 11.8 Å². The molecule has 2 fully saturated rings. The lowest BCUT2D eigenvalue weighted by molar-refractivity contribution is -0.136. The molecule has 11 nitrogen and oxygen atoms in total. The Hall–Kier alpha value is -6.49. The topological polar surface area (TPSA) is 136 Å². The van der Waals surface area contributed by atoms with Crippen molar-refractivity contribution >= 4 is 50.5 Å². The standard InChI is InChI=1S/C48H49N7O4/c1-4-9-42(56)55-37-19-16-36(26-37)45(55)46-49-27-40(51-46)35-15-14-31-23-30(12-13-32(31)25-35)33-17-20-38-34(24-33)18-21-39-44(38)52-41(50-39)28-54(22-5-2)47(57)43(53-48(58)59-3)29-10-7-6-8-11-29/h6-8,10-15,17-18,20-21,23-25,27,36-37,43,45H,4-5,9,16,19,22,26,28H2,1-3H3,(H,49,51)(H,50,52)(H,53,58)/t36-,37+,43+,45-/m0/s1. The van der Waals surface area contributed by atoms with Gasteiger partial charge in [0.15, 0.2) is 0 Å². The van der Waals surface area contributed by atoms with Gasteiger partial charge < -0.3 is 29.8 Å². The van der Waals surface area contributed by atoms with Crippen molar-refractivity contribution in [2.75, 3.05) is 13.7 Å². The fourth-order valence-electron chi connectivity index (χ4n) is 9.39. The molecule has 4 atom stereocenters. The average Bonchev–Trinajstić information content (AvgIpc) is 4.10. The van der Waals surface area contributed by atoms with Crippen LogP contribution in [0.5, 0.6) is 0 Å². The molecule has 1 aliphatic heterocycles. The molecule has 3 amide bonds. The third kappa shape index (κ3) is 7.30. The van der Waals surface area contributed by atoms with Gasteiger partial charge in [-0.25, -0.2) is 14.8 Å². The lowest BCUT2D eigenvalue weighted by atomic mass is 9.97. The number of likely N-dealkylation sites (tertiary alicyclic amines) is 1. The zero-order valence-electron chi connectivity index (χ0n) is 33.7. The van der Waals surface area contributed by atoms with E-state index in [9.17, 15) is 14.4 Å². The van der Waals surface area contributed by atoms with E-state index in [0.717, 1.165) is 92.9 Å². The van der Waals surface area contributed by atoms with Crippen LogP contribution in [-0.4, -0.2) is 67.3 Å². The van der Waals surface area contributed by atoms with Crippen molar-refractivity contribution in [1.29, 1.82) is 0 Å². The van der Waals surface area contributed by atoms with Gasteiger partial charge in [0.25, 0.3) is 0 Å². The number of carbonyl (C=O) groups is 3. The number of piperidine rings is 1. The molecule has 3 heterocycles. The molecule has 1 saturated carbocycles. The Labute approximate surface area is 343 Å². The van der Waals surface area contributed by atoms with Gasteiger partial charge in [-0.3, -0.25) is 9.59 Å². The van der Waals surface area contributed by atoms with E-state index in [2.05, 4.69) is 87.8 Å². The number of amides is 3. The van der Waals surface area contributed by atoms with Crippen LogP contribution in [0.25, 0.3) is 55.0 Å². The second-order valence-corrected chi connectivity index (χ2v) is 16.0. The van der Waals surface area contributed by atoms with Crippen LogP contribution in [0.3, 0.4) is 0 Å². The number of aromatic amines is 2. The molecule has 7 aromatic rings. The van der Waals surface area contributed by atoms with Crippen molar-refractivity contribution in [3.05, 3.63) is 120 Å². The summed E-state index contributed by atoms with van der Waals surface area (Å²) in [6.45, 7) is 4.84. The predicted molar refractivity (Wildman–Crippen MR) is 230 cm³/mol. The first-order valence-corrected chi connectivity index (χ1v) is 20.8. The molecule has 2 aliphatic rings. The van der Waals surface area contributed by atoms with Crippen molar-refractivity contribution in [3.63, 3.8) is 0 Å². The Morgan fingerprint density at radius 2 is 1.59 bits per heavy atom. The van der Waals surface area contributed by atoms with Gasteiger partial charge in [-0.2, -0.15) is 0 Å². The quantitative estimate of drug-likeness (QED) is 0.113. The Kier molecular flexibility index (Phi) is 10.3. The van der Waals surface area contributed by atoms with E-state index < -0.39 is 12.1 Å². The SMILES string of the molecule is CCCC(=O)N1[C@@H]2CC[C@@H](C2)[C@H]1c1ncc(-c2ccc3cc(-c4ccc5c(ccc6[nH]c(CN(CCC)C(=O)[C@H](NC(=O)OC)c7ccccc7)nc65)c4)ccc3c2)[nH]1. The van der Waals surface area contributed by atoms with Crippen LogP contribution in [-0.2, 0) is 20.9 Å². The van der Waals surface area contributed by atoms with Crippen molar-refractivity contribution < 1.29 is 19.1 Å². The highest BCUT2D eigenvalue weighted by atomic mass is 16.5. The molecule has 0 spiro atoms. The molecule has 2 aromatic heterocycles. The van der Waals surface area contributed by atoms with E-state index in [1.165, 1.54) is 7.11 Å². The highest BCUT2D eigenvalue weighted by Gasteiger charge is 2.49. The third-order valence-corrected chi connectivity index (χ3v) is 12.2. The number of methoxy groups -OCH3 is 1. The third-order valence-electron chi connectivity index (χ3n) is 12.2. The zero-order valence-corrected chi connectivity index (χ0v) is 33.7. The summed E-state index contributed by atoms with van der Waals surface area (Å²) in [7, 11) is 1.29. The second kappa shape index (κ2) is 16.0. The lowest BCUT2D eigenvalue weighted by Gasteiger charge is -2.34. The maximum atomic E-state index is 14.0. The number of ether oxygens (including phenoxy) is 1. The summed E-state index contributed by atoms with van der Waals surface area (Å²) >= 11 is 0. The van der Waals surface area contributed by atoms with Crippen LogP contribution in [0, 0.1) is 5.92 Å². The van der Waals surface area contributed by atoms with Gasteiger partial charge in [0.05, 0.1) is 42.6 Å². The van der Waals surface area contributed by atoms with Crippen LogP contribution in [0.15, 0.2) is 103 Å². The number of hydrogen-bond donors (Lipinski definition) is 3. The molecule has 300 valence electrons. The Bertz CT molecular complexity index is 2690. The van der Waals surface area contributed by atoms with E-state index in [1.54, 1.807) is 4.90 Å². The van der Waals surface area contributed by atoms with Crippen LogP contribution in [0.1, 0.15) is 81.7 Å². The van der Waals surface area contributed by atoms with Crippen LogP contribution >= 0.6 is 0 Å². The fraction of sp³-hybridized carbons (Fsp3) is 0.312. The fourth-order valence-corrected chi connectivity index (χ4v) is 9.39. The van der Waals surface area contributed by atoms with Crippen LogP contribution in [0.4, 0.5) is 4.79 Å². The molecule has 1 aliphatic carbocycles. The second-order valence-electron chi connectivity index (χ2n) is 16.0. The number of aromatic nitrogens is 4. The first-order chi connectivity index (χ1) is 28.8. The van der Waals surface area contributed by atoms with Crippen molar-refractivity contribution in [2.45, 2.75) is 77.0 Å². The molecule has 0 radical (unpaired) electrons. The molecular weight excluding hydrogens is 739 g/mol. The number of hydrogen-bond acceptors (Lipinski definition) is 6. The van der Waals surface area contributed by atoms with E-state index in [4.69, 9.17) is 14.7 Å². The van der Waals surface area contributed by atoms with Gasteiger partial charge in [-0.15, -0.1) is 0 Å². The van der Waals surface area contributed by atoms with Gasteiger partial charge >= 0.3 is 6.09 Å². The number of nitrogens with one attached hydrogen (secondary N) is 3. The Morgan fingerprint density at radius 3 is 2.36 bits per heavy atom. The first-order valence-electron chi connectivity index (χ1n) is 20.8. The molecular formula is C48H49N7O4. The lowest BCUT2D eigenvalue weighted by Crippen LogP contribution is -2.43. The largest absolute Gasteiger partial charge is 0.453 e. The number of imidazole rings is 2. The van der Waals surface area contributed by atoms with E-state index >= 15 is 0 Å². The maximum absolute atomic E-state index is 14.0. The van der Waals surface area contributed by atoms with E-state index in [1.807, 2.05) is 49.5 Å². The molecule has 0 unspecified atom stereocenters. The zero-order chi connectivity index (χ0) is 40.6. The minimum Gasteiger partial charge on any atom is -0.453 e. The predicted octanol–water partition coefficient (Wildman–Crippen LogP) is 9.61. The summed E-state index contributed by atoms with van der Waals surface area (Å²) in [5, 5.41) is 7.09. The van der Waals surface area contributed by atoms with Crippen molar-refractivity contribution in [2.24, 2.45) is 5.92 Å². The molecule has 59 heavy (non-hydrogen) atoms. The number of carbonyl (C=O) groups excluding carboxylic acids is 3. The average molecular weight is 788 g/mol. The monoisotopic (exact) mass is 787 g/mol. The van der Waals surface area contributed by atoms with E-state index in [0.29, 0.717) is 36.3 Å². The molecule has 9 rings (SSSR count). The van der Waals surface area contributed by atoms with Crippen LogP contribution in [0.2, 0.25) is 0 Å². The number of rotatable bonds is 12. The molecule has 11 heteroatoms. The number of H-pyrrole nitrogens is 2.